The third-order valence-electron chi connectivity index (χ3n) is 2.15. The van der Waals surface area contributed by atoms with Crippen LogP contribution in [0.15, 0.2) is 36.4 Å². The average molecular weight is 202 g/mol. The minimum absolute atomic E-state index is 0.781. The molecule has 0 atom stereocenters. The molecule has 0 fully saturated rings. The Morgan fingerprint density at radius 2 is 1.93 bits per heavy atom. The lowest BCUT2D eigenvalue weighted by Crippen LogP contribution is -1.77. The van der Waals surface area contributed by atoms with E-state index in [1.54, 1.807) is 0 Å². The van der Waals surface area contributed by atoms with Crippen LogP contribution >= 0.6 is 11.3 Å². The van der Waals surface area contributed by atoms with E-state index in [1.807, 2.05) is 24.3 Å². The molecular weight excluding hydrogens is 192 g/mol. The van der Waals surface area contributed by atoms with Crippen molar-refractivity contribution in [1.82, 2.24) is 0 Å². The molecule has 0 aliphatic carbocycles. The molecule has 0 unspecified atom stereocenters. The van der Waals surface area contributed by atoms with Crippen molar-refractivity contribution < 1.29 is 4.79 Å². The van der Waals surface area contributed by atoms with Gasteiger partial charge in [0.2, 0.25) is 0 Å². The van der Waals surface area contributed by atoms with Crippen LogP contribution in [0.3, 0.4) is 0 Å². The number of carbonyl (C=O) groups is 1. The van der Waals surface area contributed by atoms with Crippen molar-refractivity contribution >= 4 is 17.6 Å². The number of hydrogen-bond donors (Lipinski definition) is 0. The van der Waals surface area contributed by atoms with E-state index in [4.69, 9.17) is 0 Å². The summed E-state index contributed by atoms with van der Waals surface area (Å²) in [5, 5.41) is 0. The Balaban J connectivity index is 2.49. The third kappa shape index (κ3) is 1.61. The highest BCUT2D eigenvalue weighted by Gasteiger charge is 2.03. The number of carbonyl (C=O) groups excluding carboxylic acids is 1. The molecule has 0 aliphatic heterocycles. The number of aldehydes is 1. The number of aryl methyl sites for hydroxylation is 1. The zero-order chi connectivity index (χ0) is 9.97. The van der Waals surface area contributed by atoms with Crippen LogP contribution in [0.5, 0.6) is 0 Å². The molecule has 14 heavy (non-hydrogen) atoms. The fraction of sp³-hybridized carbons (Fsp3) is 0.0833. The van der Waals surface area contributed by atoms with Crippen molar-refractivity contribution in [2.24, 2.45) is 0 Å². The van der Waals surface area contributed by atoms with Crippen LogP contribution in [0.1, 0.15) is 15.2 Å². The zero-order valence-corrected chi connectivity index (χ0v) is 8.67. The van der Waals surface area contributed by atoms with Gasteiger partial charge in [-0.2, -0.15) is 0 Å². The molecule has 1 aromatic carbocycles. The van der Waals surface area contributed by atoms with Gasteiger partial charge in [0.15, 0.2) is 6.29 Å². The molecule has 1 nitrogen and oxygen atoms in total. The largest absolute Gasteiger partial charge is 0.297 e. The maximum absolute atomic E-state index is 10.5. The molecule has 1 aromatic heterocycles. The predicted octanol–water partition coefficient (Wildman–Crippen LogP) is 3.54. The van der Waals surface area contributed by atoms with Gasteiger partial charge in [-0.3, -0.25) is 4.79 Å². The highest BCUT2D eigenvalue weighted by molar-refractivity contribution is 7.17. The number of thiophene rings is 1. The standard InChI is InChI=1S/C12H10OS/c1-9-4-2-3-5-11(9)12-7-6-10(8-13)14-12/h2-8H,1H3. The average Bonchev–Trinajstić information content (AvgIpc) is 2.67. The smallest absolute Gasteiger partial charge is 0.160 e. The molecule has 2 aromatic rings. The van der Waals surface area contributed by atoms with Crippen molar-refractivity contribution in [3.63, 3.8) is 0 Å². The molecule has 70 valence electrons. The summed E-state index contributed by atoms with van der Waals surface area (Å²) in [7, 11) is 0. The van der Waals surface area contributed by atoms with Gasteiger partial charge in [-0.1, -0.05) is 24.3 Å². The zero-order valence-electron chi connectivity index (χ0n) is 7.86. The van der Waals surface area contributed by atoms with Crippen LogP contribution in [0, 0.1) is 6.92 Å². The van der Waals surface area contributed by atoms with E-state index >= 15 is 0 Å². The van der Waals surface area contributed by atoms with Gasteiger partial charge < -0.3 is 0 Å². The van der Waals surface area contributed by atoms with Gasteiger partial charge in [0, 0.05) is 4.88 Å². The second kappa shape index (κ2) is 3.76. The van der Waals surface area contributed by atoms with Crippen molar-refractivity contribution in [3.8, 4) is 10.4 Å². The van der Waals surface area contributed by atoms with E-state index in [-0.39, 0.29) is 0 Å². The van der Waals surface area contributed by atoms with E-state index in [2.05, 4.69) is 19.1 Å². The SMILES string of the molecule is Cc1ccccc1-c1ccc(C=O)s1. The number of rotatable bonds is 2. The lowest BCUT2D eigenvalue weighted by Gasteiger charge is -2.00. The van der Waals surface area contributed by atoms with Crippen molar-refractivity contribution in [3.05, 3.63) is 46.8 Å². The molecule has 0 saturated heterocycles. The van der Waals surface area contributed by atoms with Gasteiger partial charge in [-0.05, 0) is 30.2 Å². The number of benzene rings is 1. The van der Waals surface area contributed by atoms with Crippen LogP contribution < -0.4 is 0 Å². The molecule has 2 rings (SSSR count). The highest BCUT2D eigenvalue weighted by Crippen LogP contribution is 2.29. The summed E-state index contributed by atoms with van der Waals surface area (Å²) in [6.45, 7) is 2.08. The molecule has 0 amide bonds. The quantitative estimate of drug-likeness (QED) is 0.681. The molecule has 2 heteroatoms. The molecule has 0 bridgehead atoms. The van der Waals surface area contributed by atoms with Crippen LogP contribution in [0.2, 0.25) is 0 Å². The molecule has 1 heterocycles. The van der Waals surface area contributed by atoms with Gasteiger partial charge in [0.25, 0.3) is 0 Å². The maximum Gasteiger partial charge on any atom is 0.160 e. The maximum atomic E-state index is 10.5. The first-order chi connectivity index (χ1) is 6.81. The summed E-state index contributed by atoms with van der Waals surface area (Å²) >= 11 is 1.53. The Hall–Kier alpha value is -1.41. The van der Waals surface area contributed by atoms with E-state index < -0.39 is 0 Å². The summed E-state index contributed by atoms with van der Waals surface area (Å²) in [5.41, 5.74) is 2.46. The molecular formula is C12H10OS. The second-order valence-corrected chi connectivity index (χ2v) is 4.25. The lowest BCUT2D eigenvalue weighted by molar-refractivity contribution is 0.112. The fourth-order valence-electron chi connectivity index (χ4n) is 1.41. The van der Waals surface area contributed by atoms with Gasteiger partial charge in [0.05, 0.1) is 4.88 Å². The molecule has 0 spiro atoms. The van der Waals surface area contributed by atoms with Crippen LogP contribution in [0.25, 0.3) is 10.4 Å². The normalized spacial score (nSPS) is 10.1. The first-order valence-electron chi connectivity index (χ1n) is 4.42. The highest BCUT2D eigenvalue weighted by atomic mass is 32.1. The van der Waals surface area contributed by atoms with Gasteiger partial charge in [-0.15, -0.1) is 11.3 Å². The first-order valence-corrected chi connectivity index (χ1v) is 5.24. The summed E-state index contributed by atoms with van der Waals surface area (Å²) in [4.78, 5) is 12.5. The summed E-state index contributed by atoms with van der Waals surface area (Å²) in [6.07, 6.45) is 0.895. The summed E-state index contributed by atoms with van der Waals surface area (Å²) in [5.74, 6) is 0. The monoisotopic (exact) mass is 202 g/mol. The van der Waals surface area contributed by atoms with E-state index in [9.17, 15) is 4.79 Å². The minimum atomic E-state index is 0.781. The summed E-state index contributed by atoms with van der Waals surface area (Å²) in [6, 6.07) is 12.1. The molecule has 0 N–H and O–H groups in total. The molecule has 0 saturated carbocycles. The first kappa shape index (κ1) is 9.16. The Labute approximate surface area is 87.0 Å². The van der Waals surface area contributed by atoms with Crippen molar-refractivity contribution in [2.45, 2.75) is 6.92 Å². The van der Waals surface area contributed by atoms with E-state index in [0.717, 1.165) is 16.0 Å². The fourth-order valence-corrected chi connectivity index (χ4v) is 2.32. The Morgan fingerprint density at radius 3 is 2.57 bits per heavy atom. The summed E-state index contributed by atoms with van der Waals surface area (Å²) < 4.78 is 0. The third-order valence-corrected chi connectivity index (χ3v) is 3.20. The van der Waals surface area contributed by atoms with Crippen LogP contribution in [0.4, 0.5) is 0 Å². The van der Waals surface area contributed by atoms with E-state index in [0.29, 0.717) is 0 Å². The minimum Gasteiger partial charge on any atom is -0.297 e. The Bertz CT molecular complexity index is 457. The van der Waals surface area contributed by atoms with Gasteiger partial charge in [0.1, 0.15) is 0 Å². The molecule has 0 radical (unpaired) electrons. The van der Waals surface area contributed by atoms with E-state index in [1.165, 1.54) is 22.5 Å². The molecule has 0 aliphatic rings. The van der Waals surface area contributed by atoms with Crippen LogP contribution in [-0.4, -0.2) is 6.29 Å². The van der Waals surface area contributed by atoms with Crippen LogP contribution in [-0.2, 0) is 0 Å². The van der Waals surface area contributed by atoms with Gasteiger partial charge >= 0.3 is 0 Å². The lowest BCUT2D eigenvalue weighted by atomic mass is 10.1. The number of hydrogen-bond acceptors (Lipinski definition) is 2. The second-order valence-electron chi connectivity index (χ2n) is 3.13. The van der Waals surface area contributed by atoms with Crippen molar-refractivity contribution in [1.29, 1.82) is 0 Å². The topological polar surface area (TPSA) is 17.1 Å². The predicted molar refractivity (Wildman–Crippen MR) is 59.9 cm³/mol. The Morgan fingerprint density at radius 1 is 1.14 bits per heavy atom. The Kier molecular flexibility index (Phi) is 2.46. The van der Waals surface area contributed by atoms with Gasteiger partial charge in [-0.25, -0.2) is 0 Å². The van der Waals surface area contributed by atoms with Crippen molar-refractivity contribution in [2.75, 3.05) is 0 Å².